The van der Waals surface area contributed by atoms with Crippen molar-refractivity contribution in [3.8, 4) is 5.75 Å². The topological polar surface area (TPSA) is 44.8 Å². The Balaban J connectivity index is 1.79. The van der Waals surface area contributed by atoms with Crippen LogP contribution in [-0.4, -0.2) is 47.6 Å². The van der Waals surface area contributed by atoms with Gasteiger partial charge in [-0.1, -0.05) is 19.4 Å². The Hall–Kier alpha value is -1.92. The molecule has 0 bridgehead atoms. The zero-order valence-corrected chi connectivity index (χ0v) is 16.4. The van der Waals surface area contributed by atoms with Gasteiger partial charge in [0, 0.05) is 18.7 Å². The largest absolute Gasteiger partial charge is 0.496 e. The zero-order chi connectivity index (χ0) is 18.5. The van der Waals surface area contributed by atoms with Gasteiger partial charge in [-0.3, -0.25) is 14.6 Å². The van der Waals surface area contributed by atoms with E-state index in [1.807, 2.05) is 18.2 Å². The molecule has 0 aliphatic carbocycles. The molecule has 2 fully saturated rings. The highest BCUT2D eigenvalue weighted by Crippen LogP contribution is 2.25. The van der Waals surface area contributed by atoms with Crippen molar-refractivity contribution in [3.63, 3.8) is 0 Å². The molecule has 2 heterocycles. The van der Waals surface area contributed by atoms with E-state index in [1.54, 1.807) is 12.0 Å². The Bertz CT molecular complexity index is 711. The van der Waals surface area contributed by atoms with Crippen LogP contribution in [0.1, 0.15) is 43.7 Å². The number of thiocarbonyl (C=S) groups is 1. The van der Waals surface area contributed by atoms with Crippen molar-refractivity contribution < 1.29 is 9.53 Å². The van der Waals surface area contributed by atoms with Crippen LogP contribution >= 0.6 is 12.2 Å². The molecule has 140 valence electrons. The minimum absolute atomic E-state index is 0.0413. The van der Waals surface area contributed by atoms with Crippen molar-refractivity contribution in [1.82, 2.24) is 15.1 Å². The summed E-state index contributed by atoms with van der Waals surface area (Å²) < 4.78 is 5.52. The summed E-state index contributed by atoms with van der Waals surface area (Å²) in [4.78, 5) is 16.7. The fourth-order valence-electron chi connectivity index (χ4n) is 3.45. The van der Waals surface area contributed by atoms with Gasteiger partial charge in [0.1, 0.15) is 11.4 Å². The molecule has 0 spiro atoms. The van der Waals surface area contributed by atoms with Crippen LogP contribution in [0.2, 0.25) is 0 Å². The van der Waals surface area contributed by atoms with Gasteiger partial charge in [0.15, 0.2) is 5.11 Å². The number of likely N-dealkylation sites (tertiary alicyclic amines) is 1. The zero-order valence-electron chi connectivity index (χ0n) is 15.6. The number of rotatable bonds is 7. The van der Waals surface area contributed by atoms with Gasteiger partial charge in [0.05, 0.1) is 7.11 Å². The molecule has 0 aromatic heterocycles. The van der Waals surface area contributed by atoms with E-state index in [2.05, 4.69) is 23.2 Å². The molecule has 0 unspecified atom stereocenters. The minimum atomic E-state index is -0.0413. The molecule has 2 aliphatic rings. The van der Waals surface area contributed by atoms with Crippen molar-refractivity contribution in [2.75, 3.05) is 26.7 Å². The lowest BCUT2D eigenvalue weighted by Crippen LogP contribution is -2.31. The molecule has 2 saturated heterocycles. The summed E-state index contributed by atoms with van der Waals surface area (Å²) in [6.07, 6.45) is 6.38. The molecule has 3 rings (SSSR count). The number of hydrogen-bond acceptors (Lipinski definition) is 4. The normalized spacial score (nSPS) is 19.5. The summed E-state index contributed by atoms with van der Waals surface area (Å²) >= 11 is 5.31. The first-order valence-corrected chi connectivity index (χ1v) is 9.77. The third-order valence-corrected chi connectivity index (χ3v) is 5.23. The smallest absolute Gasteiger partial charge is 0.276 e. The van der Waals surface area contributed by atoms with Crippen molar-refractivity contribution in [2.45, 2.75) is 39.2 Å². The van der Waals surface area contributed by atoms with Crippen LogP contribution in [0.5, 0.6) is 5.75 Å². The van der Waals surface area contributed by atoms with Crippen LogP contribution in [0.3, 0.4) is 0 Å². The lowest BCUT2D eigenvalue weighted by atomic mass is 10.1. The van der Waals surface area contributed by atoms with Gasteiger partial charge >= 0.3 is 0 Å². The second-order valence-corrected chi connectivity index (χ2v) is 7.24. The molecule has 1 aromatic rings. The number of unbranched alkanes of at least 4 members (excludes halogenated alkanes) is 1. The van der Waals surface area contributed by atoms with E-state index in [9.17, 15) is 4.79 Å². The van der Waals surface area contributed by atoms with E-state index in [1.165, 1.54) is 12.8 Å². The summed E-state index contributed by atoms with van der Waals surface area (Å²) in [6.45, 7) is 5.92. The molecule has 1 N–H and O–H groups in total. The average molecular weight is 374 g/mol. The lowest BCUT2D eigenvalue weighted by Gasteiger charge is -2.17. The Labute approximate surface area is 161 Å². The Kier molecular flexibility index (Phi) is 6.27. The molecule has 5 nitrogen and oxygen atoms in total. The van der Waals surface area contributed by atoms with Gasteiger partial charge in [-0.2, -0.15) is 0 Å². The summed E-state index contributed by atoms with van der Waals surface area (Å²) in [5.74, 6) is 0.852. The van der Waals surface area contributed by atoms with Crippen molar-refractivity contribution in [2.24, 2.45) is 0 Å². The molecule has 2 aliphatic heterocycles. The summed E-state index contributed by atoms with van der Waals surface area (Å²) in [5, 5.41) is 3.56. The molecular formula is C20H27N3O2S. The Morgan fingerprint density at radius 3 is 2.77 bits per heavy atom. The summed E-state index contributed by atoms with van der Waals surface area (Å²) in [6, 6.07) is 6.06. The third-order valence-electron chi connectivity index (χ3n) is 4.91. The van der Waals surface area contributed by atoms with Gasteiger partial charge < -0.3 is 10.1 Å². The Morgan fingerprint density at radius 2 is 2.08 bits per heavy atom. The molecule has 0 saturated carbocycles. The lowest BCUT2D eigenvalue weighted by molar-refractivity contribution is -0.122. The first kappa shape index (κ1) is 18.9. The van der Waals surface area contributed by atoms with Crippen LogP contribution in [0.4, 0.5) is 0 Å². The minimum Gasteiger partial charge on any atom is -0.496 e. The van der Waals surface area contributed by atoms with Crippen LogP contribution in [-0.2, 0) is 11.3 Å². The van der Waals surface area contributed by atoms with Crippen molar-refractivity contribution >= 4 is 29.3 Å². The molecular weight excluding hydrogens is 346 g/mol. The van der Waals surface area contributed by atoms with E-state index in [-0.39, 0.29) is 5.91 Å². The molecule has 26 heavy (non-hydrogen) atoms. The van der Waals surface area contributed by atoms with E-state index in [0.29, 0.717) is 17.4 Å². The number of ether oxygens (including phenoxy) is 1. The predicted octanol–water partition coefficient (Wildman–Crippen LogP) is 3.15. The maximum absolute atomic E-state index is 12.6. The van der Waals surface area contributed by atoms with Gasteiger partial charge in [-0.15, -0.1) is 0 Å². The van der Waals surface area contributed by atoms with Gasteiger partial charge in [-0.25, -0.2) is 0 Å². The number of amides is 1. The summed E-state index contributed by atoms with van der Waals surface area (Å²) in [5.41, 5.74) is 2.68. The number of carbonyl (C=O) groups excluding carboxylic acids is 1. The number of carbonyl (C=O) groups is 1. The molecule has 0 atom stereocenters. The standard InChI is InChI=1S/C20H27N3O2S/c1-3-4-11-23-19(24)17(21-20(23)26)13-15-7-8-18(25-2)16(12-15)14-22-9-5-6-10-22/h7-8,12-13H,3-6,9-11,14H2,1-2H3,(H,21,26)/b17-13+. The number of benzene rings is 1. The number of nitrogens with one attached hydrogen (secondary N) is 1. The third kappa shape index (κ3) is 4.24. The predicted molar refractivity (Wildman–Crippen MR) is 108 cm³/mol. The number of nitrogens with zero attached hydrogens (tertiary/aromatic N) is 2. The van der Waals surface area contributed by atoms with Crippen LogP contribution in [0, 0.1) is 0 Å². The van der Waals surface area contributed by atoms with Crippen molar-refractivity contribution in [1.29, 1.82) is 0 Å². The maximum Gasteiger partial charge on any atom is 0.276 e. The second-order valence-electron chi connectivity index (χ2n) is 6.85. The van der Waals surface area contributed by atoms with Gasteiger partial charge in [-0.05, 0) is 68.3 Å². The Morgan fingerprint density at radius 1 is 1.31 bits per heavy atom. The number of methoxy groups -OCH3 is 1. The SMILES string of the molecule is CCCCN1C(=O)/C(=C\c2ccc(OC)c(CN3CCCC3)c2)NC1=S. The fraction of sp³-hybridized carbons (Fsp3) is 0.500. The summed E-state index contributed by atoms with van der Waals surface area (Å²) in [7, 11) is 1.70. The second kappa shape index (κ2) is 8.64. The highest BCUT2D eigenvalue weighted by atomic mass is 32.1. The monoisotopic (exact) mass is 373 g/mol. The van der Waals surface area contributed by atoms with Crippen LogP contribution < -0.4 is 10.1 Å². The molecule has 6 heteroatoms. The maximum atomic E-state index is 12.6. The van der Waals surface area contributed by atoms with E-state index in [4.69, 9.17) is 17.0 Å². The van der Waals surface area contributed by atoms with Gasteiger partial charge in [0.25, 0.3) is 5.91 Å². The molecule has 1 aromatic carbocycles. The quantitative estimate of drug-likeness (QED) is 0.588. The van der Waals surface area contributed by atoms with Crippen LogP contribution in [0.25, 0.3) is 6.08 Å². The van der Waals surface area contributed by atoms with E-state index < -0.39 is 0 Å². The number of hydrogen-bond donors (Lipinski definition) is 1. The van der Waals surface area contributed by atoms with Crippen molar-refractivity contribution in [3.05, 3.63) is 35.0 Å². The first-order chi connectivity index (χ1) is 12.6. The molecule has 0 radical (unpaired) electrons. The van der Waals surface area contributed by atoms with E-state index >= 15 is 0 Å². The fourth-order valence-corrected chi connectivity index (χ4v) is 3.74. The average Bonchev–Trinajstić information content (AvgIpc) is 3.23. The van der Waals surface area contributed by atoms with Crippen LogP contribution in [0.15, 0.2) is 23.9 Å². The first-order valence-electron chi connectivity index (χ1n) is 9.36. The molecule has 1 amide bonds. The highest BCUT2D eigenvalue weighted by molar-refractivity contribution is 7.80. The van der Waals surface area contributed by atoms with E-state index in [0.717, 1.165) is 49.4 Å². The highest BCUT2D eigenvalue weighted by Gasteiger charge is 2.29. The van der Waals surface area contributed by atoms with Gasteiger partial charge in [0.2, 0.25) is 0 Å².